The Bertz CT molecular complexity index is 387. The lowest BCUT2D eigenvalue weighted by atomic mass is 9.99. The first-order valence-electron chi connectivity index (χ1n) is 6.79. The van der Waals surface area contributed by atoms with Gasteiger partial charge in [0, 0.05) is 24.7 Å². The first-order chi connectivity index (χ1) is 8.47. The molecule has 1 heterocycles. The Morgan fingerprint density at radius 3 is 2.39 bits per heavy atom. The van der Waals surface area contributed by atoms with Crippen LogP contribution in [-0.2, 0) is 6.42 Å². The van der Waals surface area contributed by atoms with Crippen molar-refractivity contribution in [3.8, 4) is 0 Å². The van der Waals surface area contributed by atoms with Crippen LogP contribution in [0.3, 0.4) is 0 Å². The molecule has 0 aliphatic carbocycles. The molecule has 1 aromatic heterocycles. The predicted molar refractivity (Wildman–Crippen MR) is 78.3 cm³/mol. The molecule has 0 unspecified atom stereocenters. The van der Waals surface area contributed by atoms with Crippen LogP contribution < -0.4 is 10.2 Å². The Kier molecular flexibility index (Phi) is 4.93. The highest BCUT2D eigenvalue weighted by Crippen LogP contribution is 2.29. The maximum atomic E-state index is 4.48. The third kappa shape index (κ3) is 2.92. The zero-order valence-electron chi connectivity index (χ0n) is 12.5. The van der Waals surface area contributed by atoms with Crippen LogP contribution >= 0.6 is 0 Å². The number of hydrogen-bond acceptors (Lipinski definition) is 4. The van der Waals surface area contributed by atoms with Crippen LogP contribution in [-0.4, -0.2) is 29.1 Å². The second kappa shape index (κ2) is 6.03. The molecule has 1 N–H and O–H groups in total. The zero-order valence-corrected chi connectivity index (χ0v) is 12.5. The first-order valence-corrected chi connectivity index (χ1v) is 6.79. The maximum absolute atomic E-state index is 4.48. The Labute approximate surface area is 111 Å². The van der Waals surface area contributed by atoms with Crippen molar-refractivity contribution in [2.45, 2.75) is 53.0 Å². The van der Waals surface area contributed by atoms with E-state index in [-0.39, 0.29) is 5.54 Å². The van der Waals surface area contributed by atoms with E-state index in [1.54, 1.807) is 6.33 Å². The van der Waals surface area contributed by atoms with Crippen LogP contribution in [0, 0.1) is 0 Å². The molecule has 0 spiro atoms. The van der Waals surface area contributed by atoms with Crippen molar-refractivity contribution in [1.82, 2.24) is 9.97 Å². The van der Waals surface area contributed by atoms with E-state index in [0.29, 0.717) is 0 Å². The summed E-state index contributed by atoms with van der Waals surface area (Å²) < 4.78 is 0. The number of nitrogens with zero attached hydrogens (tertiary/aromatic N) is 3. The summed E-state index contributed by atoms with van der Waals surface area (Å²) in [4.78, 5) is 11.1. The topological polar surface area (TPSA) is 41.1 Å². The third-order valence-electron chi connectivity index (χ3n) is 3.71. The Morgan fingerprint density at radius 2 is 1.89 bits per heavy atom. The molecule has 1 rings (SSSR count). The number of nitrogens with one attached hydrogen (secondary N) is 1. The molecule has 0 fully saturated rings. The molecule has 1 aromatic rings. The van der Waals surface area contributed by atoms with E-state index >= 15 is 0 Å². The van der Waals surface area contributed by atoms with Crippen LogP contribution in [0.5, 0.6) is 0 Å². The second-order valence-corrected chi connectivity index (χ2v) is 5.13. The summed E-state index contributed by atoms with van der Waals surface area (Å²) in [6.07, 6.45) is 3.66. The van der Waals surface area contributed by atoms with Gasteiger partial charge in [-0.05, 0) is 33.6 Å². The minimum atomic E-state index is 0.0990. The van der Waals surface area contributed by atoms with E-state index in [1.807, 2.05) is 0 Å². The average Bonchev–Trinajstić information content (AvgIpc) is 2.38. The summed E-state index contributed by atoms with van der Waals surface area (Å²) >= 11 is 0. The highest BCUT2D eigenvalue weighted by Gasteiger charge is 2.25. The average molecular weight is 250 g/mol. The highest BCUT2D eigenvalue weighted by atomic mass is 15.2. The lowest BCUT2D eigenvalue weighted by Crippen LogP contribution is -2.41. The van der Waals surface area contributed by atoms with Crippen LogP contribution in [0.15, 0.2) is 6.33 Å². The standard InChI is InChI=1S/C14H26N4/c1-7-11-12(15-9-3)16-10-17-13(11)18(6)14(4,5)8-2/h10H,7-9H2,1-6H3,(H,15,16,17). The van der Waals surface area contributed by atoms with Gasteiger partial charge >= 0.3 is 0 Å². The van der Waals surface area contributed by atoms with Gasteiger partial charge in [0.15, 0.2) is 0 Å². The van der Waals surface area contributed by atoms with Gasteiger partial charge in [-0.3, -0.25) is 0 Å². The van der Waals surface area contributed by atoms with Crippen LogP contribution in [0.4, 0.5) is 11.6 Å². The summed E-state index contributed by atoms with van der Waals surface area (Å²) in [5, 5.41) is 3.31. The van der Waals surface area contributed by atoms with Crippen molar-refractivity contribution in [3.05, 3.63) is 11.9 Å². The monoisotopic (exact) mass is 250 g/mol. The molecule has 4 heteroatoms. The van der Waals surface area contributed by atoms with E-state index in [4.69, 9.17) is 0 Å². The van der Waals surface area contributed by atoms with E-state index in [0.717, 1.165) is 31.0 Å². The minimum Gasteiger partial charge on any atom is -0.370 e. The summed E-state index contributed by atoms with van der Waals surface area (Å²) in [6, 6.07) is 0. The molecule has 0 atom stereocenters. The van der Waals surface area contributed by atoms with Crippen LogP contribution in [0.25, 0.3) is 0 Å². The van der Waals surface area contributed by atoms with Gasteiger partial charge in [-0.25, -0.2) is 9.97 Å². The number of aromatic nitrogens is 2. The fourth-order valence-electron chi connectivity index (χ4n) is 1.86. The molecule has 0 saturated carbocycles. The van der Waals surface area contributed by atoms with E-state index < -0.39 is 0 Å². The fourth-order valence-corrected chi connectivity index (χ4v) is 1.86. The zero-order chi connectivity index (χ0) is 13.8. The van der Waals surface area contributed by atoms with Crippen molar-refractivity contribution in [1.29, 1.82) is 0 Å². The fraction of sp³-hybridized carbons (Fsp3) is 0.714. The lowest BCUT2D eigenvalue weighted by molar-refractivity contribution is 0.466. The normalized spacial score (nSPS) is 11.4. The van der Waals surface area contributed by atoms with Gasteiger partial charge < -0.3 is 10.2 Å². The number of hydrogen-bond donors (Lipinski definition) is 1. The van der Waals surface area contributed by atoms with Gasteiger partial charge in [-0.2, -0.15) is 0 Å². The quantitative estimate of drug-likeness (QED) is 0.842. The molecule has 0 aliphatic heterocycles. The SMILES string of the molecule is CCNc1ncnc(N(C)C(C)(C)CC)c1CC. The molecule has 0 aromatic carbocycles. The largest absolute Gasteiger partial charge is 0.370 e. The smallest absolute Gasteiger partial charge is 0.137 e. The molecule has 102 valence electrons. The van der Waals surface area contributed by atoms with Crippen molar-refractivity contribution < 1.29 is 0 Å². The van der Waals surface area contributed by atoms with E-state index in [9.17, 15) is 0 Å². The molecule has 4 nitrogen and oxygen atoms in total. The van der Waals surface area contributed by atoms with Crippen LogP contribution in [0.1, 0.15) is 46.6 Å². The van der Waals surface area contributed by atoms with Crippen molar-refractivity contribution >= 4 is 11.6 Å². The number of anilines is 2. The summed E-state index contributed by atoms with van der Waals surface area (Å²) in [5.41, 5.74) is 1.30. The Balaban J connectivity index is 3.19. The molecular formula is C14H26N4. The van der Waals surface area contributed by atoms with Crippen molar-refractivity contribution in [2.24, 2.45) is 0 Å². The molecule has 0 aliphatic rings. The molecule has 0 bridgehead atoms. The summed E-state index contributed by atoms with van der Waals surface area (Å²) in [6.45, 7) is 11.8. The lowest BCUT2D eigenvalue weighted by Gasteiger charge is -2.37. The van der Waals surface area contributed by atoms with Gasteiger partial charge in [0.25, 0.3) is 0 Å². The van der Waals surface area contributed by atoms with Gasteiger partial charge in [-0.1, -0.05) is 13.8 Å². The predicted octanol–water partition coefficient (Wildman–Crippen LogP) is 3.10. The Hall–Kier alpha value is -1.32. The Morgan fingerprint density at radius 1 is 1.22 bits per heavy atom. The summed E-state index contributed by atoms with van der Waals surface area (Å²) in [5.74, 6) is 2.00. The van der Waals surface area contributed by atoms with E-state index in [2.05, 4.69) is 61.9 Å². The molecule has 0 saturated heterocycles. The molecule has 0 amide bonds. The van der Waals surface area contributed by atoms with E-state index in [1.165, 1.54) is 5.56 Å². The van der Waals surface area contributed by atoms with Crippen molar-refractivity contribution in [3.63, 3.8) is 0 Å². The third-order valence-corrected chi connectivity index (χ3v) is 3.71. The maximum Gasteiger partial charge on any atom is 0.137 e. The van der Waals surface area contributed by atoms with Gasteiger partial charge in [-0.15, -0.1) is 0 Å². The van der Waals surface area contributed by atoms with Gasteiger partial charge in [0.05, 0.1) is 0 Å². The van der Waals surface area contributed by atoms with Gasteiger partial charge in [0.2, 0.25) is 0 Å². The molecular weight excluding hydrogens is 224 g/mol. The molecule has 18 heavy (non-hydrogen) atoms. The first kappa shape index (κ1) is 14.7. The van der Waals surface area contributed by atoms with Crippen molar-refractivity contribution in [2.75, 3.05) is 23.8 Å². The summed E-state index contributed by atoms with van der Waals surface area (Å²) in [7, 11) is 2.11. The highest BCUT2D eigenvalue weighted by molar-refractivity contribution is 5.59. The minimum absolute atomic E-state index is 0.0990. The molecule has 0 radical (unpaired) electrons. The number of rotatable bonds is 6. The van der Waals surface area contributed by atoms with Crippen LogP contribution in [0.2, 0.25) is 0 Å². The van der Waals surface area contributed by atoms with Gasteiger partial charge in [0.1, 0.15) is 18.0 Å². The second-order valence-electron chi connectivity index (χ2n) is 5.13.